The molecular formula is C28H29N5O2. The van der Waals surface area contributed by atoms with Crippen LogP contribution in [0.2, 0.25) is 0 Å². The first-order valence-electron chi connectivity index (χ1n) is 12.0. The van der Waals surface area contributed by atoms with Crippen molar-refractivity contribution in [1.29, 1.82) is 0 Å². The summed E-state index contributed by atoms with van der Waals surface area (Å²) in [6.07, 6.45) is 0. The van der Waals surface area contributed by atoms with Crippen LogP contribution in [0.1, 0.15) is 29.1 Å². The summed E-state index contributed by atoms with van der Waals surface area (Å²) in [7, 11) is 0. The average molecular weight is 468 g/mol. The lowest BCUT2D eigenvalue weighted by Crippen LogP contribution is -2.49. The highest BCUT2D eigenvalue weighted by atomic mass is 16.2. The Bertz CT molecular complexity index is 1310. The average Bonchev–Trinajstić information content (AvgIpc) is 3.28. The van der Waals surface area contributed by atoms with E-state index in [9.17, 15) is 9.59 Å². The number of rotatable bonds is 6. The second kappa shape index (κ2) is 10.0. The van der Waals surface area contributed by atoms with Crippen LogP contribution in [-0.4, -0.2) is 52.4 Å². The second-order valence-electron chi connectivity index (χ2n) is 8.81. The van der Waals surface area contributed by atoms with Gasteiger partial charge in [0.05, 0.1) is 17.1 Å². The summed E-state index contributed by atoms with van der Waals surface area (Å²) in [6, 6.07) is 26.8. The van der Waals surface area contributed by atoms with E-state index in [2.05, 4.69) is 22.3 Å². The van der Waals surface area contributed by atoms with Gasteiger partial charge in [-0.2, -0.15) is 0 Å². The van der Waals surface area contributed by atoms with Crippen LogP contribution in [0.15, 0.2) is 84.9 Å². The van der Waals surface area contributed by atoms with Gasteiger partial charge in [-0.3, -0.25) is 9.59 Å². The number of hydrogen-bond acceptors (Lipinski definition) is 4. The van der Waals surface area contributed by atoms with E-state index < -0.39 is 0 Å². The third-order valence-electron chi connectivity index (χ3n) is 6.50. The summed E-state index contributed by atoms with van der Waals surface area (Å²) < 4.78 is 1.94. The SMILES string of the molecule is C[C@@H](NC(=O)c1ccccc1)c1nc2ccccc2n1CC(=O)N1CCN(c2ccccc2)CC1. The Labute approximate surface area is 205 Å². The number of piperazine rings is 1. The third kappa shape index (κ3) is 4.89. The van der Waals surface area contributed by atoms with Gasteiger partial charge in [-0.25, -0.2) is 4.98 Å². The first-order chi connectivity index (χ1) is 17.1. The Morgan fingerprint density at radius 1 is 0.857 bits per heavy atom. The van der Waals surface area contributed by atoms with Gasteiger partial charge in [0.2, 0.25) is 5.91 Å². The van der Waals surface area contributed by atoms with Crippen LogP contribution < -0.4 is 10.2 Å². The van der Waals surface area contributed by atoms with Crippen LogP contribution in [-0.2, 0) is 11.3 Å². The standard InChI is InChI=1S/C28H29N5O2/c1-21(29-28(35)22-10-4-2-5-11-22)27-30-24-14-8-9-15-25(24)33(27)20-26(34)32-18-16-31(17-19-32)23-12-6-3-7-13-23/h2-15,21H,16-20H2,1H3,(H,29,35)/t21-/m1/s1. The number of carbonyl (C=O) groups excluding carboxylic acids is 2. The second-order valence-corrected chi connectivity index (χ2v) is 8.81. The molecule has 7 nitrogen and oxygen atoms in total. The fraction of sp³-hybridized carbons (Fsp3) is 0.250. The number of carbonyl (C=O) groups is 2. The predicted molar refractivity (Wildman–Crippen MR) is 137 cm³/mol. The zero-order chi connectivity index (χ0) is 24.2. The number of hydrogen-bond donors (Lipinski definition) is 1. The number of nitrogens with zero attached hydrogens (tertiary/aromatic N) is 4. The van der Waals surface area contributed by atoms with Crippen molar-refractivity contribution in [3.63, 3.8) is 0 Å². The lowest BCUT2D eigenvalue weighted by molar-refractivity contribution is -0.132. The quantitative estimate of drug-likeness (QED) is 0.467. The summed E-state index contributed by atoms with van der Waals surface area (Å²) in [5.74, 6) is 0.565. The maximum absolute atomic E-state index is 13.3. The van der Waals surface area contributed by atoms with Crippen molar-refractivity contribution >= 4 is 28.5 Å². The Hall–Kier alpha value is -4.13. The molecule has 1 fully saturated rings. The molecule has 5 rings (SSSR count). The fourth-order valence-electron chi connectivity index (χ4n) is 4.61. The minimum absolute atomic E-state index is 0.0590. The number of fused-ring (bicyclic) bond motifs is 1. The molecule has 2 heterocycles. The Morgan fingerprint density at radius 2 is 1.49 bits per heavy atom. The summed E-state index contributed by atoms with van der Waals surface area (Å²) >= 11 is 0. The van der Waals surface area contributed by atoms with E-state index in [1.807, 2.05) is 77.1 Å². The van der Waals surface area contributed by atoms with Gasteiger partial charge in [0.15, 0.2) is 0 Å². The van der Waals surface area contributed by atoms with E-state index in [1.165, 1.54) is 5.69 Å². The molecule has 35 heavy (non-hydrogen) atoms. The lowest BCUT2D eigenvalue weighted by Gasteiger charge is -2.36. The van der Waals surface area contributed by atoms with E-state index in [-0.39, 0.29) is 24.4 Å². The van der Waals surface area contributed by atoms with Gasteiger partial charge in [-0.15, -0.1) is 0 Å². The maximum atomic E-state index is 13.3. The van der Waals surface area contributed by atoms with E-state index in [1.54, 1.807) is 12.1 Å². The first-order valence-corrected chi connectivity index (χ1v) is 12.0. The third-order valence-corrected chi connectivity index (χ3v) is 6.50. The highest BCUT2D eigenvalue weighted by molar-refractivity contribution is 5.94. The molecule has 0 aliphatic carbocycles. The molecule has 7 heteroatoms. The maximum Gasteiger partial charge on any atom is 0.251 e. The molecule has 1 saturated heterocycles. The highest BCUT2D eigenvalue weighted by Gasteiger charge is 2.25. The van der Waals surface area contributed by atoms with Crippen molar-refractivity contribution in [3.8, 4) is 0 Å². The van der Waals surface area contributed by atoms with E-state index >= 15 is 0 Å². The number of benzene rings is 3. The normalized spacial score (nSPS) is 14.7. The molecule has 178 valence electrons. The number of nitrogens with one attached hydrogen (secondary N) is 1. The smallest absolute Gasteiger partial charge is 0.251 e. The molecule has 4 aromatic rings. The fourth-order valence-corrected chi connectivity index (χ4v) is 4.61. The van der Waals surface area contributed by atoms with Gasteiger partial charge < -0.3 is 19.7 Å². The van der Waals surface area contributed by atoms with Crippen LogP contribution in [0.4, 0.5) is 5.69 Å². The lowest BCUT2D eigenvalue weighted by atomic mass is 10.2. The zero-order valence-corrected chi connectivity index (χ0v) is 19.8. The van der Waals surface area contributed by atoms with Gasteiger partial charge in [0.25, 0.3) is 5.91 Å². The van der Waals surface area contributed by atoms with Crippen LogP contribution in [0.5, 0.6) is 0 Å². The molecule has 0 unspecified atom stereocenters. The predicted octanol–water partition coefficient (Wildman–Crippen LogP) is 3.88. The number of aromatic nitrogens is 2. The van der Waals surface area contributed by atoms with Crippen molar-refractivity contribution in [2.75, 3.05) is 31.1 Å². The van der Waals surface area contributed by atoms with Gasteiger partial charge in [0.1, 0.15) is 12.4 Å². The molecule has 1 aliphatic rings. The van der Waals surface area contributed by atoms with Crippen LogP contribution in [0.3, 0.4) is 0 Å². The molecule has 1 aromatic heterocycles. The van der Waals surface area contributed by atoms with Crippen molar-refractivity contribution < 1.29 is 9.59 Å². The Balaban J connectivity index is 1.32. The minimum Gasteiger partial charge on any atom is -0.368 e. The van der Waals surface area contributed by atoms with Crippen LogP contribution in [0.25, 0.3) is 11.0 Å². The van der Waals surface area contributed by atoms with Gasteiger partial charge in [-0.05, 0) is 43.3 Å². The number of imidazole rings is 1. The van der Waals surface area contributed by atoms with Gasteiger partial charge >= 0.3 is 0 Å². The molecule has 0 bridgehead atoms. The van der Waals surface area contributed by atoms with E-state index in [4.69, 9.17) is 4.98 Å². The molecule has 2 amide bonds. The molecule has 0 spiro atoms. The van der Waals surface area contributed by atoms with Crippen LogP contribution in [0, 0.1) is 0 Å². The van der Waals surface area contributed by atoms with Gasteiger partial charge in [-0.1, -0.05) is 48.5 Å². The number of amides is 2. The highest BCUT2D eigenvalue weighted by Crippen LogP contribution is 2.22. The summed E-state index contributed by atoms with van der Waals surface area (Å²) in [6.45, 7) is 5.05. The molecule has 1 atom stereocenters. The monoisotopic (exact) mass is 467 g/mol. The molecule has 1 N–H and O–H groups in total. The van der Waals surface area contributed by atoms with Crippen molar-refractivity contribution in [2.24, 2.45) is 0 Å². The van der Waals surface area contributed by atoms with Crippen molar-refractivity contribution in [1.82, 2.24) is 19.8 Å². The molecule has 0 radical (unpaired) electrons. The largest absolute Gasteiger partial charge is 0.368 e. The summed E-state index contributed by atoms with van der Waals surface area (Å²) in [4.78, 5) is 35.1. The van der Waals surface area contributed by atoms with Crippen LogP contribution >= 0.6 is 0 Å². The number of para-hydroxylation sites is 3. The van der Waals surface area contributed by atoms with Gasteiger partial charge in [0, 0.05) is 37.4 Å². The molecule has 3 aromatic carbocycles. The first kappa shape index (κ1) is 22.7. The molecule has 1 aliphatic heterocycles. The molecule has 0 saturated carbocycles. The Morgan fingerprint density at radius 3 is 2.20 bits per heavy atom. The molecular weight excluding hydrogens is 438 g/mol. The summed E-state index contributed by atoms with van der Waals surface area (Å²) in [5, 5.41) is 3.04. The number of anilines is 1. The minimum atomic E-state index is -0.363. The topological polar surface area (TPSA) is 70.5 Å². The van der Waals surface area contributed by atoms with E-state index in [0.29, 0.717) is 24.5 Å². The van der Waals surface area contributed by atoms with Crippen molar-refractivity contribution in [2.45, 2.75) is 19.5 Å². The van der Waals surface area contributed by atoms with E-state index in [0.717, 1.165) is 24.1 Å². The zero-order valence-electron chi connectivity index (χ0n) is 19.8. The van der Waals surface area contributed by atoms with Crippen molar-refractivity contribution in [3.05, 3.63) is 96.3 Å². The summed E-state index contributed by atoms with van der Waals surface area (Å²) in [5.41, 5.74) is 3.48. The Kier molecular flexibility index (Phi) is 6.48.